The first-order valence-electron chi connectivity index (χ1n) is 7.06. The molecule has 0 fully saturated rings. The SMILES string of the molecule is CCOc1ccccc1OCCNCC(O)c1ccsc1. The molecule has 1 atom stereocenters. The van der Waals surface area contributed by atoms with Crippen molar-refractivity contribution in [3.05, 3.63) is 46.7 Å². The molecule has 0 aliphatic carbocycles. The molecule has 114 valence electrons. The average Bonchev–Trinajstić information content (AvgIpc) is 3.03. The second kappa shape index (κ2) is 8.67. The third kappa shape index (κ3) is 5.04. The van der Waals surface area contributed by atoms with Crippen molar-refractivity contribution in [2.45, 2.75) is 13.0 Å². The number of aliphatic hydroxyl groups is 1. The highest BCUT2D eigenvalue weighted by atomic mass is 32.1. The summed E-state index contributed by atoms with van der Waals surface area (Å²) in [6.07, 6.45) is -0.466. The fourth-order valence-corrected chi connectivity index (χ4v) is 2.61. The van der Waals surface area contributed by atoms with Crippen LogP contribution in [0.3, 0.4) is 0 Å². The van der Waals surface area contributed by atoms with Gasteiger partial charge in [-0.1, -0.05) is 12.1 Å². The van der Waals surface area contributed by atoms with Gasteiger partial charge in [-0.05, 0) is 41.4 Å². The Bertz CT molecular complexity index is 516. The maximum atomic E-state index is 9.92. The first-order chi connectivity index (χ1) is 10.3. The summed E-state index contributed by atoms with van der Waals surface area (Å²) in [4.78, 5) is 0. The van der Waals surface area contributed by atoms with E-state index < -0.39 is 6.10 Å². The molecule has 4 nitrogen and oxygen atoms in total. The third-order valence-corrected chi connectivity index (χ3v) is 3.65. The van der Waals surface area contributed by atoms with Crippen LogP contribution in [0.25, 0.3) is 0 Å². The van der Waals surface area contributed by atoms with Crippen LogP contribution in [0.1, 0.15) is 18.6 Å². The summed E-state index contributed by atoms with van der Waals surface area (Å²) in [5.41, 5.74) is 0.954. The number of nitrogens with one attached hydrogen (secondary N) is 1. The Labute approximate surface area is 129 Å². The highest BCUT2D eigenvalue weighted by Crippen LogP contribution is 2.26. The van der Waals surface area contributed by atoms with Gasteiger partial charge in [0.15, 0.2) is 11.5 Å². The summed E-state index contributed by atoms with van der Waals surface area (Å²) in [6, 6.07) is 9.57. The fourth-order valence-electron chi connectivity index (χ4n) is 1.90. The highest BCUT2D eigenvalue weighted by molar-refractivity contribution is 7.07. The molecule has 0 aliphatic rings. The average molecular weight is 307 g/mol. The van der Waals surface area contributed by atoms with E-state index in [9.17, 15) is 5.11 Å². The van der Waals surface area contributed by atoms with Gasteiger partial charge in [-0.15, -0.1) is 0 Å². The van der Waals surface area contributed by atoms with E-state index in [1.54, 1.807) is 11.3 Å². The monoisotopic (exact) mass is 307 g/mol. The molecular weight excluding hydrogens is 286 g/mol. The molecule has 1 heterocycles. The molecule has 0 spiro atoms. The molecule has 0 saturated carbocycles. The minimum Gasteiger partial charge on any atom is -0.490 e. The Morgan fingerprint density at radius 2 is 1.95 bits per heavy atom. The smallest absolute Gasteiger partial charge is 0.161 e. The highest BCUT2D eigenvalue weighted by Gasteiger charge is 2.07. The van der Waals surface area contributed by atoms with Crippen molar-refractivity contribution in [1.29, 1.82) is 0 Å². The van der Waals surface area contributed by atoms with E-state index in [1.807, 2.05) is 48.0 Å². The number of benzene rings is 1. The molecule has 0 aliphatic heterocycles. The molecule has 5 heteroatoms. The van der Waals surface area contributed by atoms with Gasteiger partial charge in [0.25, 0.3) is 0 Å². The first kappa shape index (κ1) is 15.8. The van der Waals surface area contributed by atoms with Crippen LogP contribution in [-0.4, -0.2) is 31.4 Å². The lowest BCUT2D eigenvalue weighted by Gasteiger charge is -2.13. The van der Waals surface area contributed by atoms with Crippen LogP contribution in [0.4, 0.5) is 0 Å². The Morgan fingerprint density at radius 3 is 2.62 bits per heavy atom. The van der Waals surface area contributed by atoms with Gasteiger partial charge in [-0.3, -0.25) is 0 Å². The first-order valence-corrected chi connectivity index (χ1v) is 8.01. The lowest BCUT2D eigenvalue weighted by Crippen LogP contribution is -2.26. The number of para-hydroxylation sites is 2. The quantitative estimate of drug-likeness (QED) is 0.700. The van der Waals surface area contributed by atoms with Gasteiger partial charge in [-0.2, -0.15) is 11.3 Å². The van der Waals surface area contributed by atoms with Crippen molar-refractivity contribution < 1.29 is 14.6 Å². The van der Waals surface area contributed by atoms with E-state index in [0.717, 1.165) is 17.1 Å². The van der Waals surface area contributed by atoms with E-state index in [1.165, 1.54) is 0 Å². The van der Waals surface area contributed by atoms with Gasteiger partial charge in [0, 0.05) is 13.1 Å². The zero-order valence-corrected chi connectivity index (χ0v) is 12.9. The van der Waals surface area contributed by atoms with Gasteiger partial charge in [0.1, 0.15) is 6.61 Å². The Hall–Kier alpha value is -1.56. The molecule has 2 rings (SSSR count). The van der Waals surface area contributed by atoms with Crippen LogP contribution in [0.2, 0.25) is 0 Å². The number of hydrogen-bond donors (Lipinski definition) is 2. The van der Waals surface area contributed by atoms with Crippen LogP contribution < -0.4 is 14.8 Å². The molecule has 0 bridgehead atoms. The number of hydrogen-bond acceptors (Lipinski definition) is 5. The third-order valence-electron chi connectivity index (χ3n) is 2.95. The number of aliphatic hydroxyl groups excluding tert-OH is 1. The lowest BCUT2D eigenvalue weighted by molar-refractivity contribution is 0.172. The second-order valence-electron chi connectivity index (χ2n) is 4.50. The van der Waals surface area contributed by atoms with E-state index in [-0.39, 0.29) is 0 Å². The van der Waals surface area contributed by atoms with Gasteiger partial charge in [0.05, 0.1) is 12.7 Å². The molecule has 1 aromatic heterocycles. The lowest BCUT2D eigenvalue weighted by atomic mass is 10.2. The van der Waals surface area contributed by atoms with Crippen molar-refractivity contribution >= 4 is 11.3 Å². The topological polar surface area (TPSA) is 50.7 Å². The Balaban J connectivity index is 1.68. The minimum atomic E-state index is -0.466. The van der Waals surface area contributed by atoms with E-state index in [4.69, 9.17) is 9.47 Å². The summed E-state index contributed by atoms with van der Waals surface area (Å²) in [6.45, 7) is 4.28. The predicted octanol–water partition coefficient (Wildman–Crippen LogP) is 2.85. The van der Waals surface area contributed by atoms with Crippen molar-refractivity contribution in [2.24, 2.45) is 0 Å². The zero-order valence-electron chi connectivity index (χ0n) is 12.1. The molecule has 1 aromatic carbocycles. The number of rotatable bonds is 9. The largest absolute Gasteiger partial charge is 0.490 e. The van der Waals surface area contributed by atoms with Gasteiger partial charge in [0.2, 0.25) is 0 Å². The summed E-state index contributed by atoms with van der Waals surface area (Å²) in [5, 5.41) is 17.0. The van der Waals surface area contributed by atoms with Crippen LogP contribution >= 0.6 is 11.3 Å². The molecule has 0 radical (unpaired) electrons. The van der Waals surface area contributed by atoms with Gasteiger partial charge < -0.3 is 19.9 Å². The molecular formula is C16H21NO3S. The fraction of sp³-hybridized carbons (Fsp3) is 0.375. The summed E-state index contributed by atoms with van der Waals surface area (Å²) >= 11 is 1.59. The Kier molecular flexibility index (Phi) is 6.53. The standard InChI is InChI=1S/C16H21NO3S/c1-2-19-15-5-3-4-6-16(15)20-9-8-17-11-14(18)13-7-10-21-12-13/h3-7,10,12,14,17-18H,2,8-9,11H2,1H3. The molecule has 21 heavy (non-hydrogen) atoms. The van der Waals surface area contributed by atoms with Gasteiger partial charge in [-0.25, -0.2) is 0 Å². The van der Waals surface area contributed by atoms with Crippen molar-refractivity contribution in [3.8, 4) is 11.5 Å². The van der Waals surface area contributed by atoms with E-state index in [0.29, 0.717) is 26.3 Å². The van der Waals surface area contributed by atoms with Crippen LogP contribution in [0.15, 0.2) is 41.1 Å². The number of ether oxygens (including phenoxy) is 2. The second-order valence-corrected chi connectivity index (χ2v) is 5.28. The Morgan fingerprint density at radius 1 is 1.19 bits per heavy atom. The molecule has 0 amide bonds. The normalized spacial score (nSPS) is 12.1. The predicted molar refractivity (Wildman–Crippen MR) is 85.3 cm³/mol. The van der Waals surface area contributed by atoms with Crippen LogP contribution in [-0.2, 0) is 0 Å². The van der Waals surface area contributed by atoms with Crippen LogP contribution in [0.5, 0.6) is 11.5 Å². The van der Waals surface area contributed by atoms with E-state index in [2.05, 4.69) is 5.32 Å². The van der Waals surface area contributed by atoms with Crippen molar-refractivity contribution in [3.63, 3.8) is 0 Å². The molecule has 0 saturated heterocycles. The maximum absolute atomic E-state index is 9.92. The molecule has 2 aromatic rings. The molecule has 1 unspecified atom stereocenters. The van der Waals surface area contributed by atoms with Crippen LogP contribution in [0, 0.1) is 0 Å². The summed E-state index contributed by atoms with van der Waals surface area (Å²) < 4.78 is 11.2. The zero-order chi connectivity index (χ0) is 14.9. The summed E-state index contributed by atoms with van der Waals surface area (Å²) in [7, 11) is 0. The van der Waals surface area contributed by atoms with Gasteiger partial charge >= 0.3 is 0 Å². The van der Waals surface area contributed by atoms with Crippen molar-refractivity contribution in [1.82, 2.24) is 5.32 Å². The minimum absolute atomic E-state index is 0.466. The maximum Gasteiger partial charge on any atom is 0.161 e. The molecule has 2 N–H and O–H groups in total. The van der Waals surface area contributed by atoms with E-state index >= 15 is 0 Å². The van der Waals surface area contributed by atoms with Crippen molar-refractivity contribution in [2.75, 3.05) is 26.3 Å². The number of thiophene rings is 1. The summed E-state index contributed by atoms with van der Waals surface area (Å²) in [5.74, 6) is 1.51.